The van der Waals surface area contributed by atoms with E-state index >= 15 is 0 Å². The molecule has 5 rings (SSSR count). The zero-order chi connectivity index (χ0) is 24.4. The van der Waals surface area contributed by atoms with Crippen LogP contribution in [0, 0.1) is 0 Å². The van der Waals surface area contributed by atoms with Crippen molar-refractivity contribution < 1.29 is 19.1 Å². The van der Waals surface area contributed by atoms with Crippen LogP contribution >= 0.6 is 0 Å². The number of imide groups is 2. The molecular weight excluding hydrogens is 442 g/mol. The van der Waals surface area contributed by atoms with Crippen LogP contribution in [-0.2, 0) is 22.6 Å². The number of urea groups is 1. The molecule has 0 saturated carbocycles. The van der Waals surface area contributed by atoms with E-state index < -0.39 is 17.8 Å². The number of amides is 4. The number of nitrogens with one attached hydrogen (secondary N) is 1. The smallest absolute Gasteiger partial charge is 0.336 e. The van der Waals surface area contributed by atoms with Gasteiger partial charge in [0.1, 0.15) is 11.3 Å². The van der Waals surface area contributed by atoms with Gasteiger partial charge in [0.25, 0.3) is 11.8 Å². The Morgan fingerprint density at radius 1 is 0.943 bits per heavy atom. The van der Waals surface area contributed by atoms with Gasteiger partial charge < -0.3 is 9.64 Å². The van der Waals surface area contributed by atoms with E-state index in [1.54, 1.807) is 30.3 Å². The van der Waals surface area contributed by atoms with E-state index in [0.717, 1.165) is 42.1 Å². The Morgan fingerprint density at radius 2 is 1.71 bits per heavy atom. The second-order valence-electron chi connectivity index (χ2n) is 8.53. The predicted molar refractivity (Wildman–Crippen MR) is 134 cm³/mol. The number of nitrogens with zero attached hydrogens (tertiary/aromatic N) is 2. The van der Waals surface area contributed by atoms with Crippen LogP contribution in [0.25, 0.3) is 6.08 Å². The van der Waals surface area contributed by atoms with E-state index in [1.807, 2.05) is 36.4 Å². The maximum Gasteiger partial charge on any atom is 0.336 e. The number of fused-ring (bicyclic) bond motifs is 1. The number of hydrogen-bond acceptors (Lipinski definition) is 5. The molecule has 0 aromatic heterocycles. The quantitative estimate of drug-likeness (QED) is 0.447. The van der Waals surface area contributed by atoms with E-state index in [1.165, 1.54) is 18.2 Å². The predicted octanol–water partition coefficient (Wildman–Crippen LogP) is 4.31. The lowest BCUT2D eigenvalue weighted by Gasteiger charge is -2.32. The molecule has 1 N–H and O–H groups in total. The maximum atomic E-state index is 13.3. The highest BCUT2D eigenvalue weighted by molar-refractivity contribution is 6.39. The van der Waals surface area contributed by atoms with Crippen LogP contribution in [0.4, 0.5) is 16.2 Å². The Morgan fingerprint density at radius 3 is 2.51 bits per heavy atom. The normalized spacial score (nSPS) is 16.8. The number of carbonyl (C=O) groups excluding carboxylic acids is 3. The third-order valence-corrected chi connectivity index (χ3v) is 6.27. The lowest BCUT2D eigenvalue weighted by molar-refractivity contribution is -0.122. The zero-order valence-electron chi connectivity index (χ0n) is 19.4. The summed E-state index contributed by atoms with van der Waals surface area (Å²) in [5.74, 6) is -1.04. The summed E-state index contributed by atoms with van der Waals surface area (Å²) in [7, 11) is 1.46. The molecule has 0 radical (unpaired) electrons. The van der Waals surface area contributed by atoms with Crippen LogP contribution < -0.4 is 19.9 Å². The van der Waals surface area contributed by atoms with E-state index in [-0.39, 0.29) is 11.3 Å². The van der Waals surface area contributed by atoms with Gasteiger partial charge in [-0.1, -0.05) is 48.5 Å². The Hall–Kier alpha value is -4.39. The topological polar surface area (TPSA) is 79.0 Å². The van der Waals surface area contributed by atoms with Crippen molar-refractivity contribution in [2.45, 2.75) is 19.4 Å². The number of para-hydroxylation sites is 2. The summed E-state index contributed by atoms with van der Waals surface area (Å²) in [6.07, 6.45) is 3.49. The fraction of sp³-hybridized carbons (Fsp3) is 0.179. The molecule has 2 aliphatic rings. The van der Waals surface area contributed by atoms with Gasteiger partial charge >= 0.3 is 6.03 Å². The van der Waals surface area contributed by atoms with Crippen molar-refractivity contribution in [1.29, 1.82) is 0 Å². The molecule has 0 spiro atoms. The van der Waals surface area contributed by atoms with Gasteiger partial charge in [0.15, 0.2) is 0 Å². The number of barbiturate groups is 1. The summed E-state index contributed by atoms with van der Waals surface area (Å²) in [5, 5.41) is 2.27. The van der Waals surface area contributed by atoms with Crippen LogP contribution in [0.3, 0.4) is 0 Å². The molecule has 3 aromatic rings. The van der Waals surface area contributed by atoms with Crippen LogP contribution in [-0.4, -0.2) is 31.5 Å². The molecule has 0 aliphatic carbocycles. The Labute approximate surface area is 203 Å². The van der Waals surface area contributed by atoms with Crippen molar-refractivity contribution in [1.82, 2.24) is 5.32 Å². The second kappa shape index (κ2) is 9.46. The zero-order valence-corrected chi connectivity index (χ0v) is 19.4. The molecule has 0 unspecified atom stereocenters. The van der Waals surface area contributed by atoms with Crippen molar-refractivity contribution in [3.63, 3.8) is 0 Å². The third kappa shape index (κ3) is 4.40. The number of methoxy groups -OCH3 is 1. The molecule has 1 fully saturated rings. The molecule has 0 bridgehead atoms. The first kappa shape index (κ1) is 22.4. The fourth-order valence-corrected chi connectivity index (χ4v) is 4.61. The van der Waals surface area contributed by atoms with Gasteiger partial charge in [-0.3, -0.25) is 14.9 Å². The van der Waals surface area contributed by atoms with Crippen molar-refractivity contribution in [2.24, 2.45) is 0 Å². The van der Waals surface area contributed by atoms with Crippen LogP contribution in [0.2, 0.25) is 0 Å². The molecule has 4 amide bonds. The molecule has 35 heavy (non-hydrogen) atoms. The van der Waals surface area contributed by atoms with Crippen molar-refractivity contribution in [3.05, 3.63) is 95.1 Å². The summed E-state index contributed by atoms with van der Waals surface area (Å²) >= 11 is 0. The van der Waals surface area contributed by atoms with Gasteiger partial charge in [-0.2, -0.15) is 0 Å². The number of anilines is 2. The summed E-state index contributed by atoms with van der Waals surface area (Å²) in [5.41, 5.74) is 4.48. The van der Waals surface area contributed by atoms with Crippen LogP contribution in [0.5, 0.6) is 5.75 Å². The van der Waals surface area contributed by atoms with Crippen molar-refractivity contribution >= 4 is 35.3 Å². The van der Waals surface area contributed by atoms with Crippen molar-refractivity contribution in [3.8, 4) is 5.75 Å². The molecule has 7 nitrogen and oxygen atoms in total. The lowest BCUT2D eigenvalue weighted by atomic mass is 9.97. The number of hydrogen-bond donors (Lipinski definition) is 1. The minimum absolute atomic E-state index is 0.104. The van der Waals surface area contributed by atoms with E-state index in [9.17, 15) is 14.4 Å². The van der Waals surface area contributed by atoms with Gasteiger partial charge in [-0.25, -0.2) is 9.69 Å². The van der Waals surface area contributed by atoms with Gasteiger partial charge in [-0.05, 0) is 59.9 Å². The highest BCUT2D eigenvalue weighted by Gasteiger charge is 2.38. The number of carbonyl (C=O) groups is 3. The molecule has 176 valence electrons. The summed E-state index contributed by atoms with van der Waals surface area (Å²) in [4.78, 5) is 41.7. The monoisotopic (exact) mass is 467 g/mol. The molecule has 2 aliphatic heterocycles. The molecular formula is C28H25N3O4. The highest BCUT2D eigenvalue weighted by Crippen LogP contribution is 2.32. The molecule has 1 saturated heterocycles. The minimum atomic E-state index is -0.802. The van der Waals surface area contributed by atoms with E-state index in [2.05, 4.69) is 22.3 Å². The SMILES string of the molecule is COc1ccccc1N1C(=O)NC(=O)C(=Cc2ccc3c(c2)CCCN3Cc2ccccc2)C1=O. The van der Waals surface area contributed by atoms with Crippen molar-refractivity contribution in [2.75, 3.05) is 23.5 Å². The van der Waals surface area contributed by atoms with Crippen LogP contribution in [0.15, 0.2) is 78.4 Å². The summed E-state index contributed by atoms with van der Waals surface area (Å²) in [6.45, 7) is 1.80. The third-order valence-electron chi connectivity index (χ3n) is 6.27. The van der Waals surface area contributed by atoms with E-state index in [4.69, 9.17) is 4.74 Å². The number of aryl methyl sites for hydroxylation is 1. The largest absolute Gasteiger partial charge is 0.495 e. The van der Waals surface area contributed by atoms with Gasteiger partial charge in [0.05, 0.1) is 12.8 Å². The average molecular weight is 468 g/mol. The number of benzene rings is 3. The maximum absolute atomic E-state index is 13.3. The van der Waals surface area contributed by atoms with Crippen LogP contribution in [0.1, 0.15) is 23.1 Å². The van der Waals surface area contributed by atoms with Gasteiger partial charge in [-0.15, -0.1) is 0 Å². The number of ether oxygens (including phenoxy) is 1. The second-order valence-corrected chi connectivity index (χ2v) is 8.53. The first-order chi connectivity index (χ1) is 17.0. The first-order valence-corrected chi connectivity index (χ1v) is 11.5. The summed E-state index contributed by atoms with van der Waals surface area (Å²) < 4.78 is 5.31. The molecule has 3 aromatic carbocycles. The Balaban J connectivity index is 1.45. The highest BCUT2D eigenvalue weighted by atomic mass is 16.5. The number of rotatable bonds is 5. The molecule has 7 heteroatoms. The Kier molecular flexibility index (Phi) is 6.06. The minimum Gasteiger partial charge on any atom is -0.495 e. The summed E-state index contributed by atoms with van der Waals surface area (Å²) in [6, 6.07) is 22.2. The standard InChI is InChI=1S/C28H25N3O4/c1-35-25-12-6-5-11-24(25)31-27(33)22(26(32)29-28(31)34)17-20-13-14-23-21(16-20)10-7-15-30(23)18-19-8-3-2-4-9-19/h2-6,8-9,11-14,16-17H,7,10,15,18H2,1H3,(H,29,32,34). The van der Waals surface area contributed by atoms with E-state index in [0.29, 0.717) is 5.75 Å². The average Bonchev–Trinajstić information content (AvgIpc) is 2.87. The molecule has 0 atom stereocenters. The molecule has 2 heterocycles. The fourth-order valence-electron chi connectivity index (χ4n) is 4.61. The lowest BCUT2D eigenvalue weighted by Crippen LogP contribution is -2.54. The van der Waals surface area contributed by atoms with Gasteiger partial charge in [0, 0.05) is 18.8 Å². The first-order valence-electron chi connectivity index (χ1n) is 11.5. The van der Waals surface area contributed by atoms with Gasteiger partial charge in [0.2, 0.25) is 0 Å². The Bertz CT molecular complexity index is 1330.